The molecule has 2 aromatic carbocycles. The summed E-state index contributed by atoms with van der Waals surface area (Å²) >= 11 is 1.44. The van der Waals surface area contributed by atoms with Gasteiger partial charge in [0.05, 0.1) is 22.7 Å². The highest BCUT2D eigenvalue weighted by atomic mass is 32.1. The largest absolute Gasteiger partial charge is 0.417 e. The molecule has 2 aromatic heterocycles. The summed E-state index contributed by atoms with van der Waals surface area (Å²) in [4.78, 5) is 19.2. The quantitative estimate of drug-likeness (QED) is 0.410. The molecule has 0 saturated heterocycles. The lowest BCUT2D eigenvalue weighted by molar-refractivity contribution is 0.278. The highest BCUT2D eigenvalue weighted by Gasteiger charge is 2.14. The molecule has 0 fully saturated rings. The molecule has 3 N–H and O–H groups in total. The molecule has 4 rings (SSSR count). The van der Waals surface area contributed by atoms with Gasteiger partial charge in [-0.05, 0) is 48.2 Å². The number of benzene rings is 2. The van der Waals surface area contributed by atoms with Crippen molar-refractivity contribution in [1.82, 2.24) is 9.97 Å². The topological polar surface area (TPSA) is 91.2 Å². The van der Waals surface area contributed by atoms with Crippen LogP contribution in [0.4, 0.5) is 9.52 Å². The van der Waals surface area contributed by atoms with Crippen LogP contribution in [0.2, 0.25) is 0 Å². The van der Waals surface area contributed by atoms with E-state index < -0.39 is 5.76 Å². The number of fused-ring (bicyclic) bond motifs is 1. The summed E-state index contributed by atoms with van der Waals surface area (Å²) in [6, 6.07) is 11.9. The number of halogens is 1. The molecule has 144 valence electrons. The van der Waals surface area contributed by atoms with E-state index in [-0.39, 0.29) is 12.4 Å². The predicted octanol–water partition coefficient (Wildman–Crippen LogP) is 3.92. The number of rotatable bonds is 7. The van der Waals surface area contributed by atoms with E-state index in [9.17, 15) is 14.3 Å². The van der Waals surface area contributed by atoms with Crippen LogP contribution in [0.3, 0.4) is 0 Å². The van der Waals surface area contributed by atoms with Crippen molar-refractivity contribution in [2.24, 2.45) is 0 Å². The van der Waals surface area contributed by atoms with E-state index in [2.05, 4.69) is 15.3 Å². The van der Waals surface area contributed by atoms with Gasteiger partial charge >= 0.3 is 5.76 Å². The van der Waals surface area contributed by atoms with Crippen molar-refractivity contribution < 1.29 is 13.9 Å². The number of hydrogen-bond donors (Lipinski definition) is 3. The van der Waals surface area contributed by atoms with Crippen molar-refractivity contribution in [1.29, 1.82) is 0 Å². The zero-order chi connectivity index (χ0) is 19.5. The fourth-order valence-electron chi connectivity index (χ4n) is 2.99. The minimum Gasteiger partial charge on any atom is -0.408 e. The number of anilines is 1. The number of aliphatic hydroxyl groups is 1. The van der Waals surface area contributed by atoms with Gasteiger partial charge in [0.25, 0.3) is 0 Å². The summed E-state index contributed by atoms with van der Waals surface area (Å²) in [6.07, 6.45) is 1.71. The molecule has 6 nitrogen and oxygen atoms in total. The first-order valence-electron chi connectivity index (χ1n) is 8.84. The van der Waals surface area contributed by atoms with Gasteiger partial charge in [0, 0.05) is 6.54 Å². The van der Waals surface area contributed by atoms with Crippen LogP contribution in [-0.4, -0.2) is 21.6 Å². The van der Waals surface area contributed by atoms with E-state index in [0.717, 1.165) is 28.8 Å². The molecule has 0 bridgehead atoms. The van der Waals surface area contributed by atoms with Gasteiger partial charge in [-0.2, -0.15) is 0 Å². The number of H-pyrrole nitrogens is 1. The molecule has 0 aliphatic heterocycles. The Morgan fingerprint density at radius 3 is 2.82 bits per heavy atom. The van der Waals surface area contributed by atoms with Gasteiger partial charge in [0.2, 0.25) is 0 Å². The first-order valence-corrected chi connectivity index (χ1v) is 9.66. The maximum absolute atomic E-state index is 12.9. The van der Waals surface area contributed by atoms with E-state index in [4.69, 9.17) is 4.42 Å². The maximum Gasteiger partial charge on any atom is 0.417 e. The molecule has 0 amide bonds. The first-order chi connectivity index (χ1) is 13.6. The van der Waals surface area contributed by atoms with Crippen molar-refractivity contribution in [2.45, 2.75) is 19.4 Å². The van der Waals surface area contributed by atoms with E-state index in [1.165, 1.54) is 23.5 Å². The Kier molecular flexibility index (Phi) is 5.23. The van der Waals surface area contributed by atoms with Gasteiger partial charge in [-0.3, -0.25) is 4.98 Å². The number of aromatic nitrogens is 2. The van der Waals surface area contributed by atoms with Crippen LogP contribution in [0, 0.1) is 5.82 Å². The van der Waals surface area contributed by atoms with Crippen LogP contribution in [0.1, 0.15) is 17.7 Å². The molecule has 0 saturated carbocycles. The number of thiazole rings is 1. The van der Waals surface area contributed by atoms with E-state index in [1.807, 2.05) is 6.07 Å². The molecule has 2 heterocycles. The average molecular weight is 399 g/mol. The van der Waals surface area contributed by atoms with E-state index in [0.29, 0.717) is 28.5 Å². The Hall–Kier alpha value is -2.97. The zero-order valence-corrected chi connectivity index (χ0v) is 15.7. The Balaban J connectivity index is 1.44. The van der Waals surface area contributed by atoms with Gasteiger partial charge < -0.3 is 14.8 Å². The standard InChI is InChI=1S/C20H18FN3O3S/c21-14-6-3-12(4-7-14)2-1-9-22-19-23-16(11-25)18(28-19)13-5-8-15-17(10-13)27-20(26)24-15/h3-8,10,25H,1-2,9,11H2,(H,22,23)(H,24,26). The van der Waals surface area contributed by atoms with Crippen LogP contribution in [0.25, 0.3) is 21.5 Å². The number of oxazole rings is 1. The van der Waals surface area contributed by atoms with Gasteiger partial charge in [-0.25, -0.2) is 14.2 Å². The summed E-state index contributed by atoms with van der Waals surface area (Å²) in [7, 11) is 0. The fourth-order valence-corrected chi connectivity index (χ4v) is 3.98. The highest BCUT2D eigenvalue weighted by molar-refractivity contribution is 7.19. The summed E-state index contributed by atoms with van der Waals surface area (Å²) < 4.78 is 18.0. The van der Waals surface area contributed by atoms with Crippen molar-refractivity contribution in [3.63, 3.8) is 0 Å². The minimum absolute atomic E-state index is 0.182. The number of aliphatic hydroxyl groups excluding tert-OH is 1. The summed E-state index contributed by atoms with van der Waals surface area (Å²) in [5.74, 6) is -0.729. The van der Waals surface area contributed by atoms with Crippen LogP contribution in [0.5, 0.6) is 0 Å². The van der Waals surface area contributed by atoms with Crippen LogP contribution in [-0.2, 0) is 13.0 Å². The van der Waals surface area contributed by atoms with Crippen molar-refractivity contribution in [3.05, 3.63) is 70.1 Å². The monoisotopic (exact) mass is 399 g/mol. The fraction of sp³-hybridized carbons (Fsp3) is 0.200. The zero-order valence-electron chi connectivity index (χ0n) is 14.9. The second-order valence-electron chi connectivity index (χ2n) is 6.34. The maximum atomic E-state index is 12.9. The molecule has 0 aliphatic rings. The second kappa shape index (κ2) is 7.95. The Morgan fingerprint density at radius 1 is 1.21 bits per heavy atom. The Bertz CT molecular complexity index is 1150. The summed E-state index contributed by atoms with van der Waals surface area (Å²) in [5, 5.41) is 13.7. The number of hydrogen-bond acceptors (Lipinski definition) is 6. The normalized spacial score (nSPS) is 11.2. The van der Waals surface area contributed by atoms with Crippen molar-refractivity contribution in [2.75, 3.05) is 11.9 Å². The minimum atomic E-state index is -0.498. The van der Waals surface area contributed by atoms with Gasteiger partial charge in [0.15, 0.2) is 10.7 Å². The predicted molar refractivity (Wildman–Crippen MR) is 107 cm³/mol. The lowest BCUT2D eigenvalue weighted by Gasteiger charge is -2.03. The van der Waals surface area contributed by atoms with Crippen molar-refractivity contribution >= 4 is 27.6 Å². The van der Waals surface area contributed by atoms with Crippen LogP contribution < -0.4 is 11.1 Å². The molecule has 0 atom stereocenters. The number of aryl methyl sites for hydroxylation is 1. The molecule has 0 spiro atoms. The van der Waals surface area contributed by atoms with Gasteiger partial charge in [-0.1, -0.05) is 29.5 Å². The lowest BCUT2D eigenvalue weighted by Crippen LogP contribution is -2.02. The lowest BCUT2D eigenvalue weighted by atomic mass is 10.1. The number of nitrogens with one attached hydrogen (secondary N) is 2. The highest BCUT2D eigenvalue weighted by Crippen LogP contribution is 2.34. The Morgan fingerprint density at radius 2 is 2.04 bits per heavy atom. The first kappa shape index (κ1) is 18.4. The molecule has 4 aromatic rings. The summed E-state index contributed by atoms with van der Waals surface area (Å²) in [6.45, 7) is 0.527. The number of aromatic amines is 1. The smallest absolute Gasteiger partial charge is 0.408 e. The molecule has 0 radical (unpaired) electrons. The van der Waals surface area contributed by atoms with Gasteiger partial charge in [0.1, 0.15) is 5.82 Å². The molecular weight excluding hydrogens is 381 g/mol. The van der Waals surface area contributed by atoms with Crippen LogP contribution in [0.15, 0.2) is 51.7 Å². The molecular formula is C20H18FN3O3S. The molecule has 0 aliphatic carbocycles. The molecule has 8 heteroatoms. The average Bonchev–Trinajstić information content (AvgIpc) is 3.28. The molecule has 28 heavy (non-hydrogen) atoms. The SMILES string of the molecule is O=c1[nH]c2ccc(-c3sc(NCCCc4ccc(F)cc4)nc3CO)cc2o1. The van der Waals surface area contributed by atoms with Crippen molar-refractivity contribution in [3.8, 4) is 10.4 Å². The van der Waals surface area contributed by atoms with Gasteiger partial charge in [-0.15, -0.1) is 0 Å². The Labute approximate surface area is 163 Å². The second-order valence-corrected chi connectivity index (χ2v) is 7.33. The van der Waals surface area contributed by atoms with E-state index in [1.54, 1.807) is 24.3 Å². The third-order valence-corrected chi connectivity index (χ3v) is 5.47. The number of nitrogens with zero attached hydrogens (tertiary/aromatic N) is 1. The summed E-state index contributed by atoms with van der Waals surface area (Å²) in [5.41, 5.74) is 3.58. The third-order valence-electron chi connectivity index (χ3n) is 4.36. The third kappa shape index (κ3) is 3.97. The van der Waals surface area contributed by atoms with E-state index >= 15 is 0 Å². The molecule has 0 unspecified atom stereocenters. The van der Waals surface area contributed by atoms with Crippen LogP contribution >= 0.6 is 11.3 Å².